The molecule has 17 heavy (non-hydrogen) atoms. The lowest BCUT2D eigenvalue weighted by Crippen LogP contribution is -2.19. The van der Waals surface area contributed by atoms with Gasteiger partial charge in [-0.3, -0.25) is 9.35 Å². The van der Waals surface area contributed by atoms with Gasteiger partial charge in [0, 0.05) is 5.56 Å². The van der Waals surface area contributed by atoms with E-state index in [0.717, 1.165) is 6.07 Å². The number of primary amides is 1. The fourth-order valence-electron chi connectivity index (χ4n) is 1.51. The van der Waals surface area contributed by atoms with Crippen molar-refractivity contribution in [2.45, 2.75) is 31.1 Å². The van der Waals surface area contributed by atoms with E-state index in [2.05, 4.69) is 0 Å². The Morgan fingerprint density at radius 3 is 2.18 bits per heavy atom. The molecule has 0 aromatic heterocycles. The monoisotopic (exact) mass is 257 g/mol. The molecule has 0 atom stereocenters. The first-order chi connectivity index (χ1) is 7.53. The second-order valence-corrected chi connectivity index (χ2v) is 6.19. The average Bonchev–Trinajstić information content (AvgIpc) is 2.14. The highest BCUT2D eigenvalue weighted by Crippen LogP contribution is 2.29. The molecular weight excluding hydrogens is 242 g/mol. The summed E-state index contributed by atoms with van der Waals surface area (Å²) in [7, 11) is -4.38. The van der Waals surface area contributed by atoms with Gasteiger partial charge in [0.2, 0.25) is 5.91 Å². The predicted octanol–water partition coefficient (Wildman–Crippen LogP) is 1.33. The zero-order valence-corrected chi connectivity index (χ0v) is 10.7. The molecular formula is C11H15NO4S. The van der Waals surface area contributed by atoms with Crippen LogP contribution in [0.3, 0.4) is 0 Å². The number of benzene rings is 1. The lowest BCUT2D eigenvalue weighted by Gasteiger charge is -2.21. The summed E-state index contributed by atoms with van der Waals surface area (Å²) in [6.45, 7) is 5.42. The van der Waals surface area contributed by atoms with Crippen LogP contribution in [0.4, 0.5) is 0 Å². The molecule has 0 heterocycles. The fourth-order valence-corrected chi connectivity index (χ4v) is 2.44. The van der Waals surface area contributed by atoms with Crippen molar-refractivity contribution < 1.29 is 17.8 Å². The maximum absolute atomic E-state index is 11.3. The summed E-state index contributed by atoms with van der Waals surface area (Å²) in [6.07, 6.45) is 0. The summed E-state index contributed by atoms with van der Waals surface area (Å²) in [5.74, 6) is -0.740. The molecule has 1 aromatic carbocycles. The molecule has 94 valence electrons. The van der Waals surface area contributed by atoms with E-state index in [1.807, 2.05) is 0 Å². The summed E-state index contributed by atoms with van der Waals surface area (Å²) >= 11 is 0. The van der Waals surface area contributed by atoms with Crippen LogP contribution >= 0.6 is 0 Å². The van der Waals surface area contributed by atoms with Gasteiger partial charge in [-0.15, -0.1) is 0 Å². The van der Waals surface area contributed by atoms with E-state index < -0.39 is 21.4 Å². The van der Waals surface area contributed by atoms with Crippen LogP contribution in [0.15, 0.2) is 23.1 Å². The van der Waals surface area contributed by atoms with Gasteiger partial charge in [0.15, 0.2) is 0 Å². The number of carbonyl (C=O) groups is 1. The van der Waals surface area contributed by atoms with Crippen molar-refractivity contribution in [3.05, 3.63) is 29.3 Å². The van der Waals surface area contributed by atoms with E-state index >= 15 is 0 Å². The van der Waals surface area contributed by atoms with Crippen molar-refractivity contribution in [3.63, 3.8) is 0 Å². The maximum atomic E-state index is 11.3. The van der Waals surface area contributed by atoms with E-state index in [0.29, 0.717) is 5.56 Å². The fraction of sp³-hybridized carbons (Fsp3) is 0.364. The number of amides is 1. The van der Waals surface area contributed by atoms with Crippen LogP contribution in [0.25, 0.3) is 0 Å². The van der Waals surface area contributed by atoms with E-state index in [4.69, 9.17) is 10.3 Å². The van der Waals surface area contributed by atoms with Gasteiger partial charge in [-0.25, -0.2) is 0 Å². The molecule has 5 nitrogen and oxygen atoms in total. The Morgan fingerprint density at radius 2 is 1.82 bits per heavy atom. The second kappa shape index (κ2) is 4.12. The van der Waals surface area contributed by atoms with Crippen molar-refractivity contribution in [2.75, 3.05) is 0 Å². The lowest BCUT2D eigenvalue weighted by atomic mass is 9.86. The number of rotatable bonds is 2. The number of hydrogen-bond donors (Lipinski definition) is 2. The quantitative estimate of drug-likeness (QED) is 0.781. The molecule has 0 radical (unpaired) electrons. The van der Waals surface area contributed by atoms with Gasteiger partial charge < -0.3 is 5.73 Å². The molecule has 0 saturated carbocycles. The highest BCUT2D eigenvalue weighted by atomic mass is 32.2. The molecule has 3 N–H and O–H groups in total. The molecule has 1 rings (SSSR count). The Bertz CT molecular complexity index is 555. The zero-order chi connectivity index (χ0) is 13.4. The van der Waals surface area contributed by atoms with Crippen LogP contribution < -0.4 is 5.73 Å². The normalized spacial score (nSPS) is 12.5. The van der Waals surface area contributed by atoms with Crippen LogP contribution in [0, 0.1) is 0 Å². The maximum Gasteiger partial charge on any atom is 0.294 e. The van der Waals surface area contributed by atoms with Crippen molar-refractivity contribution in [1.29, 1.82) is 0 Å². The molecule has 0 spiro atoms. The molecule has 0 aliphatic carbocycles. The van der Waals surface area contributed by atoms with Gasteiger partial charge in [0.05, 0.1) is 4.90 Å². The Morgan fingerprint density at radius 1 is 1.29 bits per heavy atom. The first-order valence-corrected chi connectivity index (χ1v) is 6.39. The third-order valence-electron chi connectivity index (χ3n) is 2.35. The minimum absolute atomic E-state index is 0.0469. The molecule has 1 aromatic rings. The molecule has 0 aliphatic heterocycles. The predicted molar refractivity (Wildman–Crippen MR) is 63.5 cm³/mol. The first-order valence-electron chi connectivity index (χ1n) is 4.95. The van der Waals surface area contributed by atoms with Crippen molar-refractivity contribution >= 4 is 16.0 Å². The van der Waals surface area contributed by atoms with Crippen molar-refractivity contribution in [3.8, 4) is 0 Å². The zero-order valence-electron chi connectivity index (χ0n) is 9.89. The van der Waals surface area contributed by atoms with Gasteiger partial charge in [-0.05, 0) is 23.1 Å². The third-order valence-corrected chi connectivity index (χ3v) is 3.25. The number of hydrogen-bond acceptors (Lipinski definition) is 3. The van der Waals surface area contributed by atoms with E-state index in [1.54, 1.807) is 20.8 Å². The summed E-state index contributed by atoms with van der Waals surface area (Å²) in [4.78, 5) is 10.7. The molecule has 0 bridgehead atoms. The highest BCUT2D eigenvalue weighted by molar-refractivity contribution is 7.85. The van der Waals surface area contributed by atoms with Gasteiger partial charge >= 0.3 is 0 Å². The molecule has 0 unspecified atom stereocenters. The smallest absolute Gasteiger partial charge is 0.294 e. The molecule has 1 amide bonds. The van der Waals surface area contributed by atoms with Crippen LogP contribution in [-0.4, -0.2) is 18.9 Å². The molecule has 0 saturated heterocycles. The number of carbonyl (C=O) groups excluding carboxylic acids is 1. The second-order valence-electron chi connectivity index (χ2n) is 4.80. The Hall–Kier alpha value is -1.40. The van der Waals surface area contributed by atoms with Gasteiger partial charge in [-0.2, -0.15) is 8.42 Å². The van der Waals surface area contributed by atoms with Crippen molar-refractivity contribution in [1.82, 2.24) is 0 Å². The highest BCUT2D eigenvalue weighted by Gasteiger charge is 2.25. The molecule has 6 heteroatoms. The van der Waals surface area contributed by atoms with Crippen LogP contribution in [0.1, 0.15) is 36.7 Å². The Kier molecular flexibility index (Phi) is 3.31. The van der Waals surface area contributed by atoms with Crippen LogP contribution in [0.2, 0.25) is 0 Å². The SMILES string of the molecule is CC(C)(C)c1ccc(C(N)=O)cc1S(=O)(=O)O. The topological polar surface area (TPSA) is 97.5 Å². The van der Waals surface area contributed by atoms with Gasteiger partial charge in [-0.1, -0.05) is 26.8 Å². The minimum atomic E-state index is -4.38. The number of nitrogens with two attached hydrogens (primary N) is 1. The van der Waals surface area contributed by atoms with Crippen LogP contribution in [0.5, 0.6) is 0 Å². The lowest BCUT2D eigenvalue weighted by molar-refractivity contribution is 0.1000. The van der Waals surface area contributed by atoms with Gasteiger partial charge in [0.1, 0.15) is 0 Å². The minimum Gasteiger partial charge on any atom is -0.366 e. The Labute approximate surface area is 100 Å². The van der Waals surface area contributed by atoms with Crippen molar-refractivity contribution in [2.24, 2.45) is 5.73 Å². The summed E-state index contributed by atoms with van der Waals surface area (Å²) in [5, 5.41) is 0. The summed E-state index contributed by atoms with van der Waals surface area (Å²) in [6, 6.07) is 4.03. The first kappa shape index (κ1) is 13.7. The van der Waals surface area contributed by atoms with E-state index in [-0.39, 0.29) is 10.5 Å². The summed E-state index contributed by atoms with van der Waals surface area (Å²) in [5.41, 5.74) is 5.08. The van der Waals surface area contributed by atoms with Gasteiger partial charge in [0.25, 0.3) is 10.1 Å². The molecule has 0 aliphatic rings. The van der Waals surface area contributed by atoms with E-state index in [9.17, 15) is 13.2 Å². The average molecular weight is 257 g/mol. The Balaban J connectivity index is 3.60. The summed E-state index contributed by atoms with van der Waals surface area (Å²) < 4.78 is 31.7. The molecule has 0 fully saturated rings. The van der Waals surface area contributed by atoms with E-state index in [1.165, 1.54) is 12.1 Å². The largest absolute Gasteiger partial charge is 0.366 e. The third kappa shape index (κ3) is 3.04. The standard InChI is InChI=1S/C11H15NO4S/c1-11(2,3)8-5-4-7(10(12)13)6-9(8)17(14,15)16/h4-6H,1-3H3,(H2,12,13)(H,14,15,16). The van der Waals surface area contributed by atoms with Crippen LogP contribution in [-0.2, 0) is 15.5 Å².